The van der Waals surface area contributed by atoms with Crippen LogP contribution in [-0.2, 0) is 0 Å². The zero-order chi connectivity index (χ0) is 14.7. The lowest BCUT2D eigenvalue weighted by atomic mass is 10.3. The lowest BCUT2D eigenvalue weighted by molar-refractivity contribution is 0.338. The van der Waals surface area contributed by atoms with Crippen LogP contribution in [0.3, 0.4) is 0 Å². The molecule has 0 saturated heterocycles. The molecule has 0 atom stereocenters. The molecule has 0 aliphatic rings. The minimum Gasteiger partial charge on any atom is -0.494 e. The number of H-pyrrole nitrogens is 1. The van der Waals surface area contributed by atoms with Crippen molar-refractivity contribution in [3.63, 3.8) is 0 Å². The molecule has 0 radical (unpaired) electrons. The molecule has 0 aliphatic carbocycles. The van der Waals surface area contributed by atoms with Gasteiger partial charge in [-0.15, -0.1) is 0 Å². The topological polar surface area (TPSA) is 85.0 Å². The average molecular weight is 285 g/mol. The number of hydrogen-bond donors (Lipinski definition) is 2. The van der Waals surface area contributed by atoms with Crippen LogP contribution in [0.1, 0.15) is 6.92 Å². The van der Waals surface area contributed by atoms with Crippen molar-refractivity contribution in [1.82, 2.24) is 20.2 Å². The van der Waals surface area contributed by atoms with E-state index < -0.39 is 0 Å². The summed E-state index contributed by atoms with van der Waals surface area (Å²) in [6.45, 7) is 2.54. The summed E-state index contributed by atoms with van der Waals surface area (Å²) in [5, 5.41) is 10.4. The molecule has 0 saturated carbocycles. The normalized spacial score (nSPS) is 10.6. The van der Waals surface area contributed by atoms with Crippen LogP contribution in [0.5, 0.6) is 17.4 Å². The summed E-state index contributed by atoms with van der Waals surface area (Å²) in [4.78, 5) is 8.58. The maximum Gasteiger partial charge on any atom is 0.235 e. The Morgan fingerprint density at radius 2 is 2.10 bits per heavy atom. The molecule has 2 heterocycles. The highest BCUT2D eigenvalue weighted by Gasteiger charge is 2.11. The van der Waals surface area contributed by atoms with E-state index in [1.54, 1.807) is 13.2 Å². The SMILES string of the molecule is CCOc1cccc(Oc2nc(NC)nc3[nH]ncc23)c1. The standard InChI is InChI=1S/C14H15N5O2/c1-3-20-9-5-4-6-10(7-9)21-13-11-8-16-19-12(11)17-14(15-2)18-13/h4-8H,3H2,1-2H3,(H2,15,16,17,18,19). The van der Waals surface area contributed by atoms with Crippen LogP contribution in [0.2, 0.25) is 0 Å². The van der Waals surface area contributed by atoms with E-state index in [-0.39, 0.29) is 0 Å². The summed E-state index contributed by atoms with van der Waals surface area (Å²) >= 11 is 0. The molecule has 21 heavy (non-hydrogen) atoms. The zero-order valence-electron chi connectivity index (χ0n) is 11.8. The number of aromatic nitrogens is 4. The van der Waals surface area contributed by atoms with Gasteiger partial charge in [-0.2, -0.15) is 15.1 Å². The second-order valence-corrected chi connectivity index (χ2v) is 4.24. The molecule has 0 bridgehead atoms. The molecule has 0 spiro atoms. The van der Waals surface area contributed by atoms with Gasteiger partial charge in [-0.25, -0.2) is 0 Å². The molecule has 2 aromatic heterocycles. The van der Waals surface area contributed by atoms with E-state index in [2.05, 4.69) is 25.5 Å². The molecule has 3 aromatic rings. The maximum absolute atomic E-state index is 5.85. The molecule has 7 nitrogen and oxygen atoms in total. The number of aromatic amines is 1. The second-order valence-electron chi connectivity index (χ2n) is 4.24. The highest BCUT2D eigenvalue weighted by atomic mass is 16.5. The fourth-order valence-corrected chi connectivity index (χ4v) is 1.90. The number of nitrogens with zero attached hydrogens (tertiary/aromatic N) is 3. The highest BCUT2D eigenvalue weighted by Crippen LogP contribution is 2.29. The van der Waals surface area contributed by atoms with E-state index in [0.717, 1.165) is 11.1 Å². The predicted octanol–water partition coefficient (Wildman–Crippen LogP) is 2.59. The third kappa shape index (κ3) is 2.71. The first-order chi connectivity index (χ1) is 10.3. The summed E-state index contributed by atoms with van der Waals surface area (Å²) in [5.41, 5.74) is 0.616. The number of rotatable bonds is 5. The first kappa shape index (κ1) is 13.2. The predicted molar refractivity (Wildman–Crippen MR) is 78.9 cm³/mol. The van der Waals surface area contributed by atoms with Crippen LogP contribution in [0.15, 0.2) is 30.5 Å². The molecule has 3 rings (SSSR count). The summed E-state index contributed by atoms with van der Waals surface area (Å²) in [7, 11) is 1.75. The van der Waals surface area contributed by atoms with Crippen LogP contribution in [0.4, 0.5) is 5.95 Å². The Kier molecular flexibility index (Phi) is 3.55. The van der Waals surface area contributed by atoms with Crippen molar-refractivity contribution in [3.8, 4) is 17.4 Å². The lowest BCUT2D eigenvalue weighted by Crippen LogP contribution is -1.99. The number of ether oxygens (including phenoxy) is 2. The highest BCUT2D eigenvalue weighted by molar-refractivity contribution is 5.80. The maximum atomic E-state index is 5.85. The van der Waals surface area contributed by atoms with Gasteiger partial charge >= 0.3 is 0 Å². The monoisotopic (exact) mass is 285 g/mol. The van der Waals surface area contributed by atoms with Gasteiger partial charge in [-0.05, 0) is 19.1 Å². The van der Waals surface area contributed by atoms with Crippen molar-refractivity contribution in [2.24, 2.45) is 0 Å². The number of anilines is 1. The van der Waals surface area contributed by atoms with Crippen molar-refractivity contribution >= 4 is 17.0 Å². The smallest absolute Gasteiger partial charge is 0.235 e. The van der Waals surface area contributed by atoms with Crippen LogP contribution in [0.25, 0.3) is 11.0 Å². The van der Waals surface area contributed by atoms with Crippen LogP contribution in [0, 0.1) is 0 Å². The fourth-order valence-electron chi connectivity index (χ4n) is 1.90. The van der Waals surface area contributed by atoms with Crippen molar-refractivity contribution in [1.29, 1.82) is 0 Å². The van der Waals surface area contributed by atoms with Gasteiger partial charge in [-0.1, -0.05) is 6.07 Å². The van der Waals surface area contributed by atoms with Gasteiger partial charge in [-0.3, -0.25) is 5.10 Å². The lowest BCUT2D eigenvalue weighted by Gasteiger charge is -2.09. The van der Waals surface area contributed by atoms with E-state index >= 15 is 0 Å². The third-order valence-electron chi connectivity index (χ3n) is 2.83. The van der Waals surface area contributed by atoms with E-state index in [1.807, 2.05) is 31.2 Å². The van der Waals surface area contributed by atoms with Gasteiger partial charge in [0, 0.05) is 13.1 Å². The van der Waals surface area contributed by atoms with Gasteiger partial charge in [0.25, 0.3) is 0 Å². The van der Waals surface area contributed by atoms with Crippen LogP contribution in [-0.4, -0.2) is 33.8 Å². The fraction of sp³-hybridized carbons (Fsp3) is 0.214. The van der Waals surface area contributed by atoms with E-state index in [4.69, 9.17) is 9.47 Å². The van der Waals surface area contributed by atoms with Gasteiger partial charge < -0.3 is 14.8 Å². The number of benzene rings is 1. The quantitative estimate of drug-likeness (QED) is 0.749. The Morgan fingerprint density at radius 1 is 1.24 bits per heavy atom. The molecular weight excluding hydrogens is 270 g/mol. The molecule has 108 valence electrons. The molecule has 1 aromatic carbocycles. The van der Waals surface area contributed by atoms with Crippen molar-refractivity contribution < 1.29 is 9.47 Å². The minimum atomic E-state index is 0.437. The molecule has 0 amide bonds. The van der Waals surface area contributed by atoms with E-state index in [0.29, 0.717) is 29.8 Å². The number of hydrogen-bond acceptors (Lipinski definition) is 6. The third-order valence-corrected chi connectivity index (χ3v) is 2.83. The minimum absolute atomic E-state index is 0.437. The Hall–Kier alpha value is -2.83. The van der Waals surface area contributed by atoms with Crippen molar-refractivity contribution in [3.05, 3.63) is 30.5 Å². The Labute approximate surface area is 121 Å². The summed E-state index contributed by atoms with van der Waals surface area (Å²) in [6, 6.07) is 7.40. The van der Waals surface area contributed by atoms with Gasteiger partial charge in [0.05, 0.1) is 12.8 Å². The second kappa shape index (κ2) is 5.66. The molecule has 7 heteroatoms. The zero-order valence-corrected chi connectivity index (χ0v) is 11.8. The molecule has 0 fully saturated rings. The van der Waals surface area contributed by atoms with Crippen LogP contribution < -0.4 is 14.8 Å². The largest absolute Gasteiger partial charge is 0.494 e. The Balaban J connectivity index is 1.97. The summed E-state index contributed by atoms with van der Waals surface area (Å²) < 4.78 is 11.3. The van der Waals surface area contributed by atoms with Gasteiger partial charge in [0.1, 0.15) is 16.9 Å². The molecular formula is C14H15N5O2. The summed E-state index contributed by atoms with van der Waals surface area (Å²) in [5.74, 6) is 2.29. The van der Waals surface area contributed by atoms with Crippen LogP contribution >= 0.6 is 0 Å². The molecule has 0 unspecified atom stereocenters. The number of nitrogens with one attached hydrogen (secondary N) is 2. The van der Waals surface area contributed by atoms with E-state index in [1.165, 1.54) is 0 Å². The van der Waals surface area contributed by atoms with Gasteiger partial charge in [0.2, 0.25) is 11.8 Å². The Morgan fingerprint density at radius 3 is 2.90 bits per heavy atom. The number of fused-ring (bicyclic) bond motifs is 1. The van der Waals surface area contributed by atoms with Crippen molar-refractivity contribution in [2.45, 2.75) is 6.92 Å². The molecule has 0 aliphatic heterocycles. The van der Waals surface area contributed by atoms with Crippen molar-refractivity contribution in [2.75, 3.05) is 19.0 Å². The average Bonchev–Trinajstić information content (AvgIpc) is 2.96. The van der Waals surface area contributed by atoms with E-state index in [9.17, 15) is 0 Å². The first-order valence-corrected chi connectivity index (χ1v) is 6.59. The van der Waals surface area contributed by atoms with Gasteiger partial charge in [0.15, 0.2) is 5.65 Å². The summed E-state index contributed by atoms with van der Waals surface area (Å²) in [6.07, 6.45) is 1.64. The Bertz CT molecular complexity index is 756. The first-order valence-electron chi connectivity index (χ1n) is 6.59. The molecule has 2 N–H and O–H groups in total.